The molecule has 2 heterocycles. The van der Waals surface area contributed by atoms with E-state index in [0.717, 1.165) is 37.1 Å². The van der Waals surface area contributed by atoms with Crippen molar-refractivity contribution >= 4 is 28.4 Å². The molecule has 23 heavy (non-hydrogen) atoms. The molecule has 1 fully saturated rings. The summed E-state index contributed by atoms with van der Waals surface area (Å²) in [5.41, 5.74) is 0.971. The number of carbonyl (C=O) groups excluding carboxylic acids is 1. The standard InChI is InChI=1S/C17H23ClN4O/c18-17-14-6-2-3-7-15(14)22(20-17)12-8-16(23)19-9-13-21-10-4-1-5-11-21/h2-3,6-7H,1,4-5,8-13H2,(H,19,23). The number of hydrogen-bond donors (Lipinski definition) is 1. The van der Waals surface area contributed by atoms with Crippen LogP contribution in [-0.2, 0) is 11.3 Å². The number of halogens is 1. The maximum Gasteiger partial charge on any atom is 0.221 e. The predicted molar refractivity (Wildman–Crippen MR) is 92.7 cm³/mol. The second-order valence-electron chi connectivity index (χ2n) is 6.03. The molecule has 0 aliphatic carbocycles. The minimum Gasteiger partial charge on any atom is -0.355 e. The summed E-state index contributed by atoms with van der Waals surface area (Å²) in [4.78, 5) is 14.4. The van der Waals surface area contributed by atoms with E-state index in [0.29, 0.717) is 18.1 Å². The zero-order valence-electron chi connectivity index (χ0n) is 13.3. The number of amides is 1. The quantitative estimate of drug-likeness (QED) is 0.883. The molecule has 6 heteroatoms. The van der Waals surface area contributed by atoms with E-state index in [-0.39, 0.29) is 5.91 Å². The number of likely N-dealkylation sites (tertiary alicyclic amines) is 1. The van der Waals surface area contributed by atoms with Crippen LogP contribution >= 0.6 is 11.6 Å². The van der Waals surface area contributed by atoms with Crippen molar-refractivity contribution in [1.82, 2.24) is 20.0 Å². The Balaban J connectivity index is 1.45. The molecule has 0 radical (unpaired) electrons. The smallest absolute Gasteiger partial charge is 0.221 e. The monoisotopic (exact) mass is 334 g/mol. The molecule has 5 nitrogen and oxygen atoms in total. The highest BCUT2D eigenvalue weighted by Crippen LogP contribution is 2.22. The van der Waals surface area contributed by atoms with Gasteiger partial charge in [-0.3, -0.25) is 9.48 Å². The SMILES string of the molecule is O=C(CCn1nc(Cl)c2ccccc21)NCCN1CCCCC1. The molecule has 1 amide bonds. The number of benzene rings is 1. The molecule has 3 rings (SSSR count). The third kappa shape index (κ3) is 4.24. The van der Waals surface area contributed by atoms with Crippen LogP contribution in [0.4, 0.5) is 0 Å². The molecule has 1 aliphatic rings. The Bertz CT molecular complexity index is 664. The van der Waals surface area contributed by atoms with E-state index < -0.39 is 0 Å². The van der Waals surface area contributed by atoms with Crippen LogP contribution in [0.15, 0.2) is 24.3 Å². The molecule has 124 valence electrons. The molecule has 1 aliphatic heterocycles. The summed E-state index contributed by atoms with van der Waals surface area (Å²) in [6.07, 6.45) is 4.31. The maximum atomic E-state index is 12.0. The number of carbonyl (C=O) groups is 1. The summed E-state index contributed by atoms with van der Waals surface area (Å²) in [6.45, 7) is 4.53. The van der Waals surface area contributed by atoms with Crippen molar-refractivity contribution in [2.75, 3.05) is 26.2 Å². The second-order valence-corrected chi connectivity index (χ2v) is 6.39. The lowest BCUT2D eigenvalue weighted by atomic mass is 10.1. The number of hydrogen-bond acceptors (Lipinski definition) is 3. The van der Waals surface area contributed by atoms with Crippen LogP contribution in [0.1, 0.15) is 25.7 Å². The number of aromatic nitrogens is 2. The number of aryl methyl sites for hydroxylation is 1. The summed E-state index contributed by atoms with van der Waals surface area (Å²) in [6, 6.07) is 7.81. The van der Waals surface area contributed by atoms with Crippen molar-refractivity contribution in [3.8, 4) is 0 Å². The topological polar surface area (TPSA) is 50.2 Å². The minimum absolute atomic E-state index is 0.0673. The van der Waals surface area contributed by atoms with E-state index in [9.17, 15) is 4.79 Å². The Morgan fingerprint density at radius 2 is 1.96 bits per heavy atom. The van der Waals surface area contributed by atoms with Crippen LogP contribution in [-0.4, -0.2) is 46.8 Å². The van der Waals surface area contributed by atoms with Gasteiger partial charge in [0.15, 0.2) is 5.15 Å². The van der Waals surface area contributed by atoms with Gasteiger partial charge in [0.05, 0.1) is 12.1 Å². The molecular weight excluding hydrogens is 312 g/mol. The molecule has 1 aromatic heterocycles. The van der Waals surface area contributed by atoms with Crippen LogP contribution in [0, 0.1) is 0 Å². The van der Waals surface area contributed by atoms with E-state index in [1.165, 1.54) is 19.3 Å². The van der Waals surface area contributed by atoms with Gasteiger partial charge in [0.2, 0.25) is 5.91 Å². The van der Waals surface area contributed by atoms with Crippen molar-refractivity contribution < 1.29 is 4.79 Å². The molecular formula is C17H23ClN4O. The summed E-state index contributed by atoms with van der Waals surface area (Å²) < 4.78 is 1.81. The van der Waals surface area contributed by atoms with Gasteiger partial charge in [-0.15, -0.1) is 0 Å². The number of nitrogens with one attached hydrogen (secondary N) is 1. The molecule has 0 atom stereocenters. The first kappa shape index (κ1) is 16.3. The van der Waals surface area contributed by atoms with Crippen molar-refractivity contribution in [2.45, 2.75) is 32.2 Å². The Morgan fingerprint density at radius 1 is 1.17 bits per heavy atom. The van der Waals surface area contributed by atoms with Crippen LogP contribution in [0.3, 0.4) is 0 Å². The van der Waals surface area contributed by atoms with Crippen LogP contribution < -0.4 is 5.32 Å². The maximum absolute atomic E-state index is 12.0. The van der Waals surface area contributed by atoms with Gasteiger partial charge in [-0.05, 0) is 38.1 Å². The minimum atomic E-state index is 0.0673. The fourth-order valence-corrected chi connectivity index (χ4v) is 3.34. The Hall–Kier alpha value is -1.59. The lowest BCUT2D eigenvalue weighted by molar-refractivity contribution is -0.121. The first-order valence-electron chi connectivity index (χ1n) is 8.34. The lowest BCUT2D eigenvalue weighted by Gasteiger charge is -2.26. The van der Waals surface area contributed by atoms with E-state index in [4.69, 9.17) is 11.6 Å². The zero-order valence-corrected chi connectivity index (χ0v) is 14.1. The molecule has 0 unspecified atom stereocenters. The van der Waals surface area contributed by atoms with E-state index >= 15 is 0 Å². The highest BCUT2D eigenvalue weighted by molar-refractivity contribution is 6.34. The van der Waals surface area contributed by atoms with Gasteiger partial charge < -0.3 is 10.2 Å². The van der Waals surface area contributed by atoms with Crippen molar-refractivity contribution in [3.05, 3.63) is 29.4 Å². The van der Waals surface area contributed by atoms with Gasteiger partial charge in [-0.2, -0.15) is 5.10 Å². The molecule has 0 bridgehead atoms. The van der Waals surface area contributed by atoms with Crippen LogP contribution in [0.2, 0.25) is 5.15 Å². The van der Waals surface area contributed by atoms with Crippen molar-refractivity contribution in [1.29, 1.82) is 0 Å². The number of rotatable bonds is 6. The Kier molecular flexibility index (Phi) is 5.51. The summed E-state index contributed by atoms with van der Waals surface area (Å²) in [5, 5.41) is 8.73. The largest absolute Gasteiger partial charge is 0.355 e. The van der Waals surface area contributed by atoms with Gasteiger partial charge in [0.1, 0.15) is 0 Å². The van der Waals surface area contributed by atoms with E-state index in [2.05, 4.69) is 15.3 Å². The normalized spacial score (nSPS) is 15.9. The fourth-order valence-electron chi connectivity index (χ4n) is 3.09. The fraction of sp³-hybridized carbons (Fsp3) is 0.529. The Labute approximate surface area is 141 Å². The average Bonchev–Trinajstić information content (AvgIpc) is 2.91. The van der Waals surface area contributed by atoms with Gasteiger partial charge in [0, 0.05) is 24.9 Å². The first-order chi connectivity index (χ1) is 11.2. The third-order valence-electron chi connectivity index (χ3n) is 4.36. The van der Waals surface area contributed by atoms with Gasteiger partial charge in [-0.1, -0.05) is 30.2 Å². The number of para-hydroxylation sites is 1. The highest BCUT2D eigenvalue weighted by Gasteiger charge is 2.11. The molecule has 0 spiro atoms. The molecule has 2 aromatic rings. The van der Waals surface area contributed by atoms with Crippen LogP contribution in [0.5, 0.6) is 0 Å². The van der Waals surface area contributed by atoms with Gasteiger partial charge in [0.25, 0.3) is 0 Å². The average molecular weight is 335 g/mol. The zero-order chi connectivity index (χ0) is 16.1. The predicted octanol–water partition coefficient (Wildman–Crippen LogP) is 2.68. The van der Waals surface area contributed by atoms with Gasteiger partial charge >= 0.3 is 0 Å². The molecule has 1 saturated heterocycles. The van der Waals surface area contributed by atoms with Crippen molar-refractivity contribution in [2.24, 2.45) is 0 Å². The Morgan fingerprint density at radius 3 is 2.78 bits per heavy atom. The summed E-state index contributed by atoms with van der Waals surface area (Å²) in [7, 11) is 0. The van der Waals surface area contributed by atoms with Gasteiger partial charge in [-0.25, -0.2) is 0 Å². The highest BCUT2D eigenvalue weighted by atomic mass is 35.5. The molecule has 1 aromatic carbocycles. The number of fused-ring (bicyclic) bond motifs is 1. The molecule has 1 N–H and O–H groups in total. The van der Waals surface area contributed by atoms with Crippen molar-refractivity contribution in [3.63, 3.8) is 0 Å². The molecule has 0 saturated carbocycles. The second kappa shape index (κ2) is 7.79. The number of nitrogens with zero attached hydrogens (tertiary/aromatic N) is 3. The first-order valence-corrected chi connectivity index (χ1v) is 8.72. The van der Waals surface area contributed by atoms with Crippen LogP contribution in [0.25, 0.3) is 10.9 Å². The summed E-state index contributed by atoms with van der Waals surface area (Å²) >= 11 is 6.12. The lowest BCUT2D eigenvalue weighted by Crippen LogP contribution is -2.37. The van der Waals surface area contributed by atoms with E-state index in [1.54, 1.807) is 0 Å². The summed E-state index contributed by atoms with van der Waals surface area (Å²) in [5.74, 6) is 0.0673. The number of piperidine rings is 1. The third-order valence-corrected chi connectivity index (χ3v) is 4.64. The van der Waals surface area contributed by atoms with E-state index in [1.807, 2.05) is 28.9 Å².